The number of aliphatic hydroxyl groups is 1. The summed E-state index contributed by atoms with van der Waals surface area (Å²) in [6, 6.07) is 4.60. The predicted molar refractivity (Wildman–Crippen MR) is 74.5 cm³/mol. The largest absolute Gasteiger partial charge is 0.380 e. The minimum absolute atomic E-state index is 0.0105. The zero-order valence-corrected chi connectivity index (χ0v) is 11.4. The molecule has 0 radical (unpaired) electrons. The topological polar surface area (TPSA) is 92.5 Å². The molecule has 1 aliphatic carbocycles. The summed E-state index contributed by atoms with van der Waals surface area (Å²) < 4.78 is 0. The van der Waals surface area contributed by atoms with Crippen LogP contribution in [-0.4, -0.2) is 21.5 Å². The maximum absolute atomic E-state index is 12.0. The van der Waals surface area contributed by atoms with Gasteiger partial charge in [-0.1, -0.05) is 13.0 Å². The van der Waals surface area contributed by atoms with Crippen LogP contribution in [0.2, 0.25) is 0 Å². The molecule has 0 aromatic heterocycles. The van der Waals surface area contributed by atoms with Gasteiger partial charge in [-0.25, -0.2) is 0 Å². The highest BCUT2D eigenvalue weighted by Gasteiger charge is 2.38. The molecule has 0 aliphatic heterocycles. The van der Waals surface area contributed by atoms with Gasteiger partial charge in [-0.2, -0.15) is 0 Å². The highest BCUT2D eigenvalue weighted by Crippen LogP contribution is 2.31. The molecular weight excluding hydrogens is 260 g/mol. The zero-order valence-electron chi connectivity index (χ0n) is 11.4. The monoisotopic (exact) mass is 278 g/mol. The first-order valence-corrected chi connectivity index (χ1v) is 6.77. The number of anilines is 1. The van der Waals surface area contributed by atoms with Gasteiger partial charge < -0.3 is 10.4 Å². The first-order chi connectivity index (χ1) is 9.46. The highest BCUT2D eigenvalue weighted by molar-refractivity contribution is 5.97. The van der Waals surface area contributed by atoms with E-state index in [9.17, 15) is 20.0 Å². The maximum atomic E-state index is 12.0. The lowest BCUT2D eigenvalue weighted by Crippen LogP contribution is -2.40. The van der Waals surface area contributed by atoms with Crippen LogP contribution in [0.4, 0.5) is 11.4 Å². The molecule has 20 heavy (non-hydrogen) atoms. The van der Waals surface area contributed by atoms with Crippen LogP contribution in [0, 0.1) is 10.1 Å². The molecule has 6 nitrogen and oxygen atoms in total. The Labute approximate surface area is 117 Å². The van der Waals surface area contributed by atoms with Gasteiger partial charge in [0.15, 0.2) is 0 Å². The number of carbonyl (C=O) groups is 1. The number of nitrogens with one attached hydrogen (secondary N) is 1. The van der Waals surface area contributed by atoms with Crippen molar-refractivity contribution in [1.29, 1.82) is 0 Å². The molecule has 1 amide bonds. The summed E-state index contributed by atoms with van der Waals surface area (Å²) in [5, 5.41) is 23.7. The van der Waals surface area contributed by atoms with Gasteiger partial charge in [0.2, 0.25) is 0 Å². The summed E-state index contributed by atoms with van der Waals surface area (Å²) in [6.45, 7) is 1.84. The third-order valence-electron chi connectivity index (χ3n) is 3.77. The van der Waals surface area contributed by atoms with Gasteiger partial charge in [-0.3, -0.25) is 14.9 Å². The van der Waals surface area contributed by atoms with E-state index in [1.807, 2.05) is 6.92 Å². The Balaban J connectivity index is 2.19. The second kappa shape index (κ2) is 5.58. The van der Waals surface area contributed by atoms with Crippen molar-refractivity contribution in [3.05, 3.63) is 33.9 Å². The molecule has 1 saturated carbocycles. The van der Waals surface area contributed by atoms with E-state index in [0.717, 1.165) is 12.8 Å². The standard InChI is InChI=1S/C14H18N2O4/c1-2-10-5-6-11(9-12(10)16(19)20)15-13(17)14(18)7-3-4-8-14/h5-6,9,18H,2-4,7-8H2,1H3,(H,15,17). The lowest BCUT2D eigenvalue weighted by Gasteiger charge is -2.20. The number of nitro benzene ring substituents is 1. The molecule has 2 N–H and O–H groups in total. The molecule has 1 aromatic rings. The summed E-state index contributed by atoms with van der Waals surface area (Å²) in [5.74, 6) is -0.478. The summed E-state index contributed by atoms with van der Waals surface area (Å²) >= 11 is 0. The SMILES string of the molecule is CCc1ccc(NC(=O)C2(O)CCCC2)cc1[N+](=O)[O-]. The van der Waals surface area contributed by atoms with E-state index in [2.05, 4.69) is 5.32 Å². The number of rotatable bonds is 4. The number of hydrogen-bond donors (Lipinski definition) is 2. The minimum atomic E-state index is -1.34. The fourth-order valence-corrected chi connectivity index (χ4v) is 2.54. The lowest BCUT2D eigenvalue weighted by molar-refractivity contribution is -0.385. The maximum Gasteiger partial charge on any atom is 0.274 e. The number of carbonyl (C=O) groups excluding carboxylic acids is 1. The summed E-state index contributed by atoms with van der Waals surface area (Å²) in [7, 11) is 0. The summed E-state index contributed by atoms with van der Waals surface area (Å²) in [5.41, 5.74) is -0.381. The first kappa shape index (κ1) is 14.5. The summed E-state index contributed by atoms with van der Waals surface area (Å²) in [4.78, 5) is 22.6. The van der Waals surface area contributed by atoms with Gasteiger partial charge in [0.1, 0.15) is 5.60 Å². The molecule has 1 aromatic carbocycles. The Bertz CT molecular complexity index is 536. The second-order valence-corrected chi connectivity index (χ2v) is 5.15. The highest BCUT2D eigenvalue weighted by atomic mass is 16.6. The van der Waals surface area contributed by atoms with E-state index in [4.69, 9.17) is 0 Å². The van der Waals surface area contributed by atoms with Gasteiger partial charge >= 0.3 is 0 Å². The molecule has 108 valence electrons. The summed E-state index contributed by atoms with van der Waals surface area (Å²) in [6.07, 6.45) is 3.06. The number of nitro groups is 1. The van der Waals surface area contributed by atoms with Crippen LogP contribution in [0.3, 0.4) is 0 Å². The third kappa shape index (κ3) is 2.80. The minimum Gasteiger partial charge on any atom is -0.380 e. The molecule has 1 fully saturated rings. The van der Waals surface area contributed by atoms with Crippen LogP contribution >= 0.6 is 0 Å². The first-order valence-electron chi connectivity index (χ1n) is 6.77. The molecule has 0 heterocycles. The normalized spacial score (nSPS) is 16.9. The second-order valence-electron chi connectivity index (χ2n) is 5.15. The van der Waals surface area contributed by atoms with E-state index >= 15 is 0 Å². The van der Waals surface area contributed by atoms with Crippen molar-refractivity contribution in [1.82, 2.24) is 0 Å². The van der Waals surface area contributed by atoms with E-state index in [0.29, 0.717) is 30.5 Å². The fraction of sp³-hybridized carbons (Fsp3) is 0.500. The van der Waals surface area contributed by atoms with Crippen LogP contribution in [-0.2, 0) is 11.2 Å². The van der Waals surface area contributed by atoms with Crippen molar-refractivity contribution in [3.63, 3.8) is 0 Å². The molecule has 0 bridgehead atoms. The van der Waals surface area contributed by atoms with Gasteiger partial charge in [0.25, 0.3) is 11.6 Å². The third-order valence-corrected chi connectivity index (χ3v) is 3.77. The number of nitrogens with zero attached hydrogens (tertiary/aromatic N) is 1. The van der Waals surface area contributed by atoms with Gasteiger partial charge in [-0.15, -0.1) is 0 Å². The van der Waals surface area contributed by atoms with E-state index < -0.39 is 16.4 Å². The Kier molecular flexibility index (Phi) is 4.04. The van der Waals surface area contributed by atoms with Crippen LogP contribution in [0.15, 0.2) is 18.2 Å². The average Bonchev–Trinajstić information content (AvgIpc) is 2.87. The van der Waals surface area contributed by atoms with E-state index in [-0.39, 0.29) is 5.69 Å². The lowest BCUT2D eigenvalue weighted by atomic mass is 10.0. The molecule has 1 aliphatic rings. The van der Waals surface area contributed by atoms with Gasteiger partial charge in [-0.05, 0) is 38.2 Å². The molecule has 0 spiro atoms. The van der Waals surface area contributed by atoms with Crippen LogP contribution in [0.1, 0.15) is 38.2 Å². The number of aryl methyl sites for hydroxylation is 1. The Morgan fingerprint density at radius 1 is 1.45 bits per heavy atom. The molecule has 6 heteroatoms. The van der Waals surface area contributed by atoms with E-state index in [1.54, 1.807) is 12.1 Å². The van der Waals surface area contributed by atoms with Crippen molar-refractivity contribution in [2.75, 3.05) is 5.32 Å². The average molecular weight is 278 g/mol. The van der Waals surface area contributed by atoms with Gasteiger partial charge in [0, 0.05) is 17.3 Å². The Morgan fingerprint density at radius 2 is 2.10 bits per heavy atom. The number of hydrogen-bond acceptors (Lipinski definition) is 4. The van der Waals surface area contributed by atoms with Crippen LogP contribution < -0.4 is 5.32 Å². The molecular formula is C14H18N2O4. The van der Waals surface area contributed by atoms with Gasteiger partial charge in [0.05, 0.1) is 4.92 Å². The molecule has 0 atom stereocenters. The number of benzene rings is 1. The van der Waals surface area contributed by atoms with Crippen LogP contribution in [0.25, 0.3) is 0 Å². The van der Waals surface area contributed by atoms with E-state index in [1.165, 1.54) is 6.07 Å². The van der Waals surface area contributed by atoms with Crippen molar-refractivity contribution < 1.29 is 14.8 Å². The fourth-order valence-electron chi connectivity index (χ4n) is 2.54. The van der Waals surface area contributed by atoms with Crippen molar-refractivity contribution in [3.8, 4) is 0 Å². The predicted octanol–water partition coefficient (Wildman–Crippen LogP) is 2.40. The number of amides is 1. The van der Waals surface area contributed by atoms with Crippen molar-refractivity contribution in [2.45, 2.75) is 44.6 Å². The quantitative estimate of drug-likeness (QED) is 0.653. The zero-order chi connectivity index (χ0) is 14.8. The molecule has 0 unspecified atom stereocenters. The Hall–Kier alpha value is -1.95. The Morgan fingerprint density at radius 3 is 2.65 bits per heavy atom. The van der Waals surface area contributed by atoms with Crippen LogP contribution in [0.5, 0.6) is 0 Å². The molecule has 0 saturated heterocycles. The smallest absolute Gasteiger partial charge is 0.274 e. The van der Waals surface area contributed by atoms with Crippen molar-refractivity contribution >= 4 is 17.3 Å². The molecule has 2 rings (SSSR count). The van der Waals surface area contributed by atoms with Crippen molar-refractivity contribution in [2.24, 2.45) is 0 Å².